The molecule has 35 heavy (non-hydrogen) atoms. The van der Waals surface area contributed by atoms with Crippen molar-refractivity contribution in [3.05, 3.63) is 0 Å². The molecule has 5 heteroatoms. The lowest BCUT2D eigenvalue weighted by atomic mass is 9.46. The van der Waals surface area contributed by atoms with Crippen LogP contribution in [-0.2, 0) is 14.3 Å². The number of fused-ring (bicyclic) bond motifs is 4. The third-order valence-electron chi connectivity index (χ3n) is 12.9. The zero-order valence-electron chi connectivity index (χ0n) is 22.8. The summed E-state index contributed by atoms with van der Waals surface area (Å²) in [5.74, 6) is 2.37. The van der Waals surface area contributed by atoms with E-state index in [9.17, 15) is 15.0 Å². The van der Waals surface area contributed by atoms with Crippen LogP contribution in [0.5, 0.6) is 0 Å². The standard InChI is InChI=1S/C30H48O5/c1-17(31)34-25(27(4,5)33)21-9-7-19-22(35-21)15-20-18-8-10-23-26(2,3)24(32)11-12-30(23)16-29(18,30)14-13-28(19,20)6/h18-25,32-33H,7-16H2,1-6H3/t18?,19?,20?,21-,22-,23?,24+,25+,28?,29+,30?/m1/s1. The fourth-order valence-electron chi connectivity index (χ4n) is 11.3. The molecule has 0 aromatic carbocycles. The van der Waals surface area contributed by atoms with Crippen molar-refractivity contribution in [1.82, 2.24) is 0 Å². The summed E-state index contributed by atoms with van der Waals surface area (Å²) in [5.41, 5.74) is 0.212. The summed E-state index contributed by atoms with van der Waals surface area (Å²) in [6, 6.07) is 0. The zero-order chi connectivity index (χ0) is 25.2. The average Bonchev–Trinajstić information content (AvgIpc) is 3.34. The number of hydrogen-bond donors (Lipinski definition) is 2. The number of hydrogen-bond acceptors (Lipinski definition) is 5. The molecular formula is C30H48O5. The normalized spacial score (nSPS) is 52.7. The number of carbonyl (C=O) groups excluding carboxylic acids is 1. The van der Waals surface area contributed by atoms with E-state index in [0.717, 1.165) is 31.6 Å². The molecule has 6 aliphatic rings. The number of esters is 1. The molecule has 0 aromatic rings. The second kappa shape index (κ2) is 7.47. The molecule has 5 saturated carbocycles. The van der Waals surface area contributed by atoms with E-state index in [1.165, 1.54) is 45.4 Å². The fourth-order valence-corrected chi connectivity index (χ4v) is 11.3. The minimum Gasteiger partial charge on any atom is -0.457 e. The van der Waals surface area contributed by atoms with Crippen LogP contribution < -0.4 is 0 Å². The van der Waals surface area contributed by atoms with Gasteiger partial charge in [0.25, 0.3) is 0 Å². The summed E-state index contributed by atoms with van der Waals surface area (Å²) in [5, 5.41) is 21.6. The monoisotopic (exact) mass is 488 g/mol. The van der Waals surface area contributed by atoms with Crippen molar-refractivity contribution in [2.45, 2.75) is 136 Å². The van der Waals surface area contributed by atoms with Gasteiger partial charge in [0.2, 0.25) is 0 Å². The van der Waals surface area contributed by atoms with Gasteiger partial charge in [0.05, 0.1) is 23.9 Å². The molecule has 2 spiro atoms. The highest BCUT2D eigenvalue weighted by Gasteiger charge is 2.80. The molecular weight excluding hydrogens is 440 g/mol. The van der Waals surface area contributed by atoms with Crippen molar-refractivity contribution in [3.8, 4) is 0 Å². The van der Waals surface area contributed by atoms with Crippen molar-refractivity contribution in [2.75, 3.05) is 0 Å². The van der Waals surface area contributed by atoms with Crippen molar-refractivity contribution in [1.29, 1.82) is 0 Å². The summed E-state index contributed by atoms with van der Waals surface area (Å²) < 4.78 is 12.4. The molecule has 0 radical (unpaired) electrons. The highest BCUT2D eigenvalue weighted by atomic mass is 16.6. The van der Waals surface area contributed by atoms with E-state index in [4.69, 9.17) is 9.47 Å². The van der Waals surface area contributed by atoms with E-state index in [1.54, 1.807) is 13.8 Å². The second-order valence-corrected chi connectivity index (χ2v) is 15.0. The smallest absolute Gasteiger partial charge is 0.303 e. The summed E-state index contributed by atoms with van der Waals surface area (Å²) in [6.45, 7) is 12.1. The molecule has 6 rings (SSSR count). The molecule has 1 heterocycles. The van der Waals surface area contributed by atoms with Crippen LogP contribution in [0.2, 0.25) is 0 Å². The van der Waals surface area contributed by atoms with Crippen molar-refractivity contribution in [2.24, 2.45) is 45.3 Å². The molecule has 6 fully saturated rings. The van der Waals surface area contributed by atoms with E-state index < -0.39 is 11.7 Å². The molecule has 1 saturated heterocycles. The van der Waals surface area contributed by atoms with E-state index in [-0.39, 0.29) is 29.7 Å². The molecule has 0 bridgehead atoms. The molecule has 198 valence electrons. The second-order valence-electron chi connectivity index (χ2n) is 15.0. The fraction of sp³-hybridized carbons (Fsp3) is 0.967. The van der Waals surface area contributed by atoms with Gasteiger partial charge in [-0.05, 0) is 123 Å². The van der Waals surface area contributed by atoms with Crippen molar-refractivity contribution in [3.63, 3.8) is 0 Å². The zero-order valence-corrected chi connectivity index (χ0v) is 22.8. The van der Waals surface area contributed by atoms with Gasteiger partial charge in [0.15, 0.2) is 6.10 Å². The van der Waals surface area contributed by atoms with E-state index in [2.05, 4.69) is 20.8 Å². The maximum atomic E-state index is 11.8. The van der Waals surface area contributed by atoms with Crippen LogP contribution in [0.1, 0.15) is 106 Å². The minimum absolute atomic E-state index is 0.0380. The van der Waals surface area contributed by atoms with Crippen LogP contribution in [0.3, 0.4) is 0 Å². The first-order valence-corrected chi connectivity index (χ1v) is 14.5. The van der Waals surface area contributed by atoms with Gasteiger partial charge >= 0.3 is 5.97 Å². The molecule has 0 amide bonds. The van der Waals surface area contributed by atoms with Crippen LogP contribution in [0.4, 0.5) is 0 Å². The molecule has 1 aliphatic heterocycles. The highest BCUT2D eigenvalue weighted by molar-refractivity contribution is 5.66. The van der Waals surface area contributed by atoms with Gasteiger partial charge in [-0.2, -0.15) is 0 Å². The molecule has 11 atom stereocenters. The van der Waals surface area contributed by atoms with Gasteiger partial charge in [0.1, 0.15) is 0 Å². The molecule has 6 unspecified atom stereocenters. The Balaban J connectivity index is 1.24. The topological polar surface area (TPSA) is 76.0 Å². The summed E-state index contributed by atoms with van der Waals surface area (Å²) >= 11 is 0. The Morgan fingerprint density at radius 3 is 2.37 bits per heavy atom. The largest absolute Gasteiger partial charge is 0.457 e. The summed E-state index contributed by atoms with van der Waals surface area (Å²) in [4.78, 5) is 11.8. The number of aliphatic hydroxyl groups excluding tert-OH is 1. The summed E-state index contributed by atoms with van der Waals surface area (Å²) in [6.07, 6.45) is 11.1. The highest BCUT2D eigenvalue weighted by Crippen LogP contribution is 2.87. The predicted molar refractivity (Wildman–Crippen MR) is 133 cm³/mol. The van der Waals surface area contributed by atoms with Gasteiger partial charge in [-0.1, -0.05) is 20.8 Å². The number of carbonyl (C=O) groups is 1. The number of ether oxygens (including phenoxy) is 2. The Morgan fingerprint density at radius 2 is 1.69 bits per heavy atom. The lowest BCUT2D eigenvalue weighted by Gasteiger charge is -2.59. The lowest BCUT2D eigenvalue weighted by molar-refractivity contribution is -0.200. The van der Waals surface area contributed by atoms with Crippen LogP contribution in [0, 0.1) is 45.3 Å². The Labute approximate surface area is 211 Å². The summed E-state index contributed by atoms with van der Waals surface area (Å²) in [7, 11) is 0. The predicted octanol–water partition coefficient (Wildman–Crippen LogP) is 5.26. The van der Waals surface area contributed by atoms with E-state index in [0.29, 0.717) is 34.0 Å². The first-order chi connectivity index (χ1) is 16.3. The quantitative estimate of drug-likeness (QED) is 0.530. The number of aliphatic hydroxyl groups is 2. The van der Waals surface area contributed by atoms with E-state index in [1.807, 2.05) is 0 Å². The maximum absolute atomic E-state index is 11.8. The van der Waals surface area contributed by atoms with Crippen LogP contribution in [-0.4, -0.2) is 46.2 Å². The third kappa shape index (κ3) is 3.19. The Kier molecular flexibility index (Phi) is 5.27. The Hall–Kier alpha value is -0.650. The molecule has 0 aromatic heterocycles. The molecule has 5 nitrogen and oxygen atoms in total. The lowest BCUT2D eigenvalue weighted by Crippen LogP contribution is -2.54. The molecule has 5 aliphatic carbocycles. The maximum Gasteiger partial charge on any atom is 0.303 e. The van der Waals surface area contributed by atoms with E-state index >= 15 is 0 Å². The average molecular weight is 489 g/mol. The first-order valence-electron chi connectivity index (χ1n) is 14.5. The first kappa shape index (κ1) is 24.7. The van der Waals surface area contributed by atoms with Crippen LogP contribution >= 0.6 is 0 Å². The Morgan fingerprint density at radius 1 is 0.971 bits per heavy atom. The van der Waals surface area contributed by atoms with Gasteiger partial charge in [-0.15, -0.1) is 0 Å². The van der Waals surface area contributed by atoms with Gasteiger partial charge in [0, 0.05) is 6.92 Å². The van der Waals surface area contributed by atoms with Crippen molar-refractivity contribution >= 4 is 5.97 Å². The number of rotatable bonds is 3. The van der Waals surface area contributed by atoms with Crippen LogP contribution in [0.25, 0.3) is 0 Å². The van der Waals surface area contributed by atoms with Crippen molar-refractivity contribution < 1.29 is 24.5 Å². The minimum atomic E-state index is -1.13. The third-order valence-corrected chi connectivity index (χ3v) is 12.9. The Bertz CT molecular complexity index is 892. The van der Waals surface area contributed by atoms with Gasteiger partial charge in [-0.3, -0.25) is 4.79 Å². The van der Waals surface area contributed by atoms with Crippen LogP contribution in [0.15, 0.2) is 0 Å². The molecule has 2 N–H and O–H groups in total. The van der Waals surface area contributed by atoms with Gasteiger partial charge in [-0.25, -0.2) is 0 Å². The van der Waals surface area contributed by atoms with Gasteiger partial charge < -0.3 is 19.7 Å². The SMILES string of the molecule is CC(=O)O[C@@H]([C@H]1CCC2[C@@H](CC3C4CCC5C(C)(C)[C@@H](O)CCC56C[C@@]46CCC32C)O1)C(C)(C)O.